The fraction of sp³-hybridized carbons (Fsp3) is 0.190. The minimum absolute atomic E-state index is 0.214. The molecule has 27 heavy (non-hydrogen) atoms. The molecule has 0 saturated carbocycles. The predicted octanol–water partition coefficient (Wildman–Crippen LogP) is 4.62. The molecule has 0 fully saturated rings. The molecule has 0 aliphatic rings. The Bertz CT molecular complexity index is 933. The number of aryl methyl sites for hydroxylation is 1. The Balaban J connectivity index is 1.52. The zero-order valence-electron chi connectivity index (χ0n) is 14.9. The summed E-state index contributed by atoms with van der Waals surface area (Å²) >= 11 is 5.85. The number of amides is 1. The highest BCUT2D eigenvalue weighted by Gasteiger charge is 2.13. The fourth-order valence-electron chi connectivity index (χ4n) is 2.53. The van der Waals surface area contributed by atoms with E-state index < -0.39 is 10.8 Å². The largest absolute Gasteiger partial charge is 0.455 e. The SMILES string of the molecule is Cc1ccc(CS(=O)Cc2ccc(C(=O)NCc3ccc(Cl)cc3)o2)cc1. The van der Waals surface area contributed by atoms with Crippen LogP contribution in [0.4, 0.5) is 0 Å². The van der Waals surface area contributed by atoms with E-state index in [1.54, 1.807) is 24.3 Å². The quantitative estimate of drug-likeness (QED) is 0.628. The van der Waals surface area contributed by atoms with Gasteiger partial charge in [0, 0.05) is 28.1 Å². The number of hydrogen-bond acceptors (Lipinski definition) is 3. The van der Waals surface area contributed by atoms with Gasteiger partial charge in [0.05, 0.1) is 5.75 Å². The molecule has 3 rings (SSSR count). The fourth-order valence-corrected chi connectivity index (χ4v) is 3.79. The number of halogens is 1. The molecule has 1 aromatic heterocycles. The molecule has 1 unspecified atom stereocenters. The zero-order chi connectivity index (χ0) is 19.2. The third-order valence-electron chi connectivity index (χ3n) is 4.00. The van der Waals surface area contributed by atoms with Crippen molar-refractivity contribution in [1.29, 1.82) is 0 Å². The van der Waals surface area contributed by atoms with Crippen molar-refractivity contribution in [1.82, 2.24) is 5.32 Å². The maximum absolute atomic E-state index is 12.3. The molecule has 3 aromatic rings. The second-order valence-corrected chi connectivity index (χ2v) is 8.18. The van der Waals surface area contributed by atoms with Gasteiger partial charge >= 0.3 is 0 Å². The highest BCUT2D eigenvalue weighted by molar-refractivity contribution is 7.83. The summed E-state index contributed by atoms with van der Waals surface area (Å²) in [6.07, 6.45) is 0. The van der Waals surface area contributed by atoms with E-state index in [4.69, 9.17) is 16.0 Å². The number of rotatable bonds is 7. The summed E-state index contributed by atoms with van der Waals surface area (Å²) in [5.41, 5.74) is 3.13. The molecule has 0 aliphatic heterocycles. The van der Waals surface area contributed by atoms with E-state index in [1.807, 2.05) is 43.3 Å². The molecule has 2 aromatic carbocycles. The van der Waals surface area contributed by atoms with E-state index in [0.29, 0.717) is 23.1 Å². The minimum atomic E-state index is -1.10. The van der Waals surface area contributed by atoms with Crippen molar-refractivity contribution in [2.24, 2.45) is 0 Å². The number of hydrogen-bond donors (Lipinski definition) is 1. The topological polar surface area (TPSA) is 59.3 Å². The first-order chi connectivity index (χ1) is 13.0. The van der Waals surface area contributed by atoms with E-state index in [2.05, 4.69) is 5.32 Å². The van der Waals surface area contributed by atoms with Gasteiger partial charge in [-0.3, -0.25) is 9.00 Å². The van der Waals surface area contributed by atoms with E-state index in [9.17, 15) is 9.00 Å². The van der Waals surface area contributed by atoms with Gasteiger partial charge in [0.2, 0.25) is 0 Å². The van der Waals surface area contributed by atoms with Crippen LogP contribution in [0, 0.1) is 6.92 Å². The van der Waals surface area contributed by atoms with Crippen LogP contribution in [0.25, 0.3) is 0 Å². The molecule has 1 N–H and O–H groups in total. The molecule has 140 valence electrons. The Morgan fingerprint density at radius 3 is 2.33 bits per heavy atom. The van der Waals surface area contributed by atoms with E-state index >= 15 is 0 Å². The highest BCUT2D eigenvalue weighted by atomic mass is 35.5. The van der Waals surface area contributed by atoms with Crippen LogP contribution < -0.4 is 5.32 Å². The van der Waals surface area contributed by atoms with Gasteiger partial charge in [-0.15, -0.1) is 0 Å². The van der Waals surface area contributed by atoms with Gasteiger partial charge in [-0.05, 0) is 42.3 Å². The highest BCUT2D eigenvalue weighted by Crippen LogP contribution is 2.14. The first-order valence-electron chi connectivity index (χ1n) is 8.51. The Morgan fingerprint density at radius 1 is 0.963 bits per heavy atom. The predicted molar refractivity (Wildman–Crippen MR) is 108 cm³/mol. The summed E-state index contributed by atoms with van der Waals surface area (Å²) in [5, 5.41) is 3.45. The summed E-state index contributed by atoms with van der Waals surface area (Å²) in [6, 6.07) is 18.5. The van der Waals surface area contributed by atoms with Gasteiger partial charge in [0.15, 0.2) is 5.76 Å². The average Bonchev–Trinajstić information content (AvgIpc) is 3.11. The molecular formula is C21H20ClNO3S. The minimum Gasteiger partial charge on any atom is -0.455 e. The second-order valence-electron chi connectivity index (χ2n) is 6.29. The second kappa shape index (κ2) is 9.02. The third kappa shape index (κ3) is 5.81. The van der Waals surface area contributed by atoms with Crippen molar-refractivity contribution in [3.8, 4) is 0 Å². The van der Waals surface area contributed by atoms with Crippen LogP contribution in [0.1, 0.15) is 33.0 Å². The number of carbonyl (C=O) groups excluding carboxylic acids is 1. The number of furan rings is 1. The number of nitrogens with one attached hydrogen (secondary N) is 1. The third-order valence-corrected chi connectivity index (χ3v) is 5.52. The van der Waals surface area contributed by atoms with Gasteiger partial charge in [0.1, 0.15) is 5.76 Å². The van der Waals surface area contributed by atoms with Crippen molar-refractivity contribution in [2.45, 2.75) is 25.0 Å². The number of carbonyl (C=O) groups is 1. The molecule has 0 spiro atoms. The molecular weight excluding hydrogens is 382 g/mol. The van der Waals surface area contributed by atoms with Gasteiger partial charge < -0.3 is 9.73 Å². The lowest BCUT2D eigenvalue weighted by Crippen LogP contribution is -2.22. The summed E-state index contributed by atoms with van der Waals surface area (Å²) in [5.74, 6) is 1.18. The van der Waals surface area contributed by atoms with Gasteiger partial charge in [0.25, 0.3) is 5.91 Å². The maximum atomic E-state index is 12.3. The average molecular weight is 402 g/mol. The summed E-state index contributed by atoms with van der Waals surface area (Å²) in [6.45, 7) is 2.40. The summed E-state index contributed by atoms with van der Waals surface area (Å²) in [7, 11) is -1.10. The van der Waals surface area contributed by atoms with Gasteiger partial charge in [-0.1, -0.05) is 53.6 Å². The Labute approximate surface area is 166 Å². The van der Waals surface area contributed by atoms with Crippen molar-refractivity contribution in [3.05, 3.63) is 93.9 Å². The van der Waals surface area contributed by atoms with Crippen LogP contribution in [-0.2, 0) is 28.9 Å². The van der Waals surface area contributed by atoms with E-state index in [1.165, 1.54) is 5.56 Å². The van der Waals surface area contributed by atoms with E-state index in [-0.39, 0.29) is 17.4 Å². The number of benzene rings is 2. The lowest BCUT2D eigenvalue weighted by Gasteiger charge is -2.04. The van der Waals surface area contributed by atoms with Crippen molar-refractivity contribution >= 4 is 28.3 Å². The van der Waals surface area contributed by atoms with Crippen LogP contribution in [0.2, 0.25) is 5.02 Å². The maximum Gasteiger partial charge on any atom is 0.287 e. The van der Waals surface area contributed by atoms with Crippen molar-refractivity contribution in [2.75, 3.05) is 0 Å². The molecule has 6 heteroatoms. The zero-order valence-corrected chi connectivity index (χ0v) is 16.5. The molecule has 0 saturated heterocycles. The van der Waals surface area contributed by atoms with E-state index in [0.717, 1.165) is 11.1 Å². The lowest BCUT2D eigenvalue weighted by molar-refractivity contribution is 0.0921. The van der Waals surface area contributed by atoms with Gasteiger partial charge in [-0.25, -0.2) is 0 Å². The first kappa shape index (κ1) is 19.4. The van der Waals surface area contributed by atoms with Crippen molar-refractivity contribution in [3.63, 3.8) is 0 Å². The van der Waals surface area contributed by atoms with Crippen LogP contribution >= 0.6 is 11.6 Å². The first-order valence-corrected chi connectivity index (χ1v) is 10.4. The van der Waals surface area contributed by atoms with Gasteiger partial charge in [-0.2, -0.15) is 0 Å². The smallest absolute Gasteiger partial charge is 0.287 e. The Morgan fingerprint density at radius 2 is 1.63 bits per heavy atom. The molecule has 0 bridgehead atoms. The van der Waals surface area contributed by atoms with Crippen molar-refractivity contribution < 1.29 is 13.4 Å². The molecule has 1 atom stereocenters. The summed E-state index contributed by atoms with van der Waals surface area (Å²) in [4.78, 5) is 12.2. The molecule has 0 radical (unpaired) electrons. The lowest BCUT2D eigenvalue weighted by atomic mass is 10.2. The normalized spacial score (nSPS) is 11.9. The molecule has 0 aliphatic carbocycles. The van der Waals surface area contributed by atoms with Crippen LogP contribution in [0.3, 0.4) is 0 Å². The molecule has 1 amide bonds. The van der Waals surface area contributed by atoms with Crippen LogP contribution in [0.15, 0.2) is 65.1 Å². The Hall–Kier alpha value is -2.37. The Kier molecular flexibility index (Phi) is 6.48. The van der Waals surface area contributed by atoms with Crippen LogP contribution in [-0.4, -0.2) is 10.1 Å². The standard InChI is InChI=1S/C21H20ClNO3S/c1-15-2-4-17(5-3-15)13-27(25)14-19-10-11-20(26-19)21(24)23-12-16-6-8-18(22)9-7-16/h2-11H,12-14H2,1H3,(H,23,24). The van der Waals surface area contributed by atoms with Crippen LogP contribution in [0.5, 0.6) is 0 Å². The molecule has 4 nitrogen and oxygen atoms in total. The molecule has 1 heterocycles. The summed E-state index contributed by atoms with van der Waals surface area (Å²) < 4.78 is 17.9. The monoisotopic (exact) mass is 401 g/mol.